The number of aromatic nitrogens is 2. The van der Waals surface area contributed by atoms with Gasteiger partial charge < -0.3 is 0 Å². The number of nitrogens with zero attached hydrogens (tertiary/aromatic N) is 2. The summed E-state index contributed by atoms with van der Waals surface area (Å²) in [5.41, 5.74) is 5.82. The van der Waals surface area contributed by atoms with Crippen LogP contribution in [-0.2, 0) is 0 Å². The third-order valence-corrected chi connectivity index (χ3v) is 5.27. The van der Waals surface area contributed by atoms with Crippen molar-refractivity contribution < 1.29 is 0 Å². The van der Waals surface area contributed by atoms with Crippen LogP contribution in [0.5, 0.6) is 0 Å². The van der Waals surface area contributed by atoms with Crippen molar-refractivity contribution in [1.29, 1.82) is 0 Å². The van der Waals surface area contributed by atoms with E-state index in [-0.39, 0.29) is 0 Å². The van der Waals surface area contributed by atoms with E-state index in [0.717, 1.165) is 28.1 Å². The lowest BCUT2D eigenvalue weighted by molar-refractivity contribution is 0.535. The Bertz CT molecular complexity index is 1010. The maximum absolute atomic E-state index is 4.91. The Labute approximate surface area is 155 Å². The van der Waals surface area contributed by atoms with E-state index < -0.39 is 0 Å². The summed E-state index contributed by atoms with van der Waals surface area (Å²) in [7, 11) is 0. The number of imidazole rings is 1. The van der Waals surface area contributed by atoms with Crippen LogP contribution in [0.25, 0.3) is 28.1 Å². The fourth-order valence-electron chi connectivity index (χ4n) is 3.38. The van der Waals surface area contributed by atoms with Gasteiger partial charge in [0, 0.05) is 11.3 Å². The Balaban J connectivity index is 1.88. The van der Waals surface area contributed by atoms with E-state index in [1.807, 2.05) is 12.1 Å². The van der Waals surface area contributed by atoms with Crippen LogP contribution in [0, 0.1) is 5.92 Å². The van der Waals surface area contributed by atoms with Crippen molar-refractivity contribution in [3.8, 4) is 17.1 Å². The standard InChI is InChI=1S/C24H24N2/c1-17(2)18(3)19-13-15-21(16-14-19)26-23-12-8-7-11-22(23)25-24(26)20-9-5-4-6-10-20/h4-18H,1-3H3. The molecular formula is C24H24N2. The van der Waals surface area contributed by atoms with Crippen LogP contribution in [0.1, 0.15) is 32.3 Å². The van der Waals surface area contributed by atoms with Crippen molar-refractivity contribution in [3.63, 3.8) is 0 Å². The molecule has 3 aromatic carbocycles. The maximum atomic E-state index is 4.91. The molecule has 0 aliphatic carbocycles. The fourth-order valence-corrected chi connectivity index (χ4v) is 3.38. The van der Waals surface area contributed by atoms with Gasteiger partial charge in [-0.1, -0.05) is 75.4 Å². The van der Waals surface area contributed by atoms with E-state index in [0.29, 0.717) is 11.8 Å². The van der Waals surface area contributed by atoms with Crippen LogP contribution in [-0.4, -0.2) is 9.55 Å². The molecule has 0 spiro atoms. The molecule has 0 aliphatic rings. The number of benzene rings is 3. The van der Waals surface area contributed by atoms with Gasteiger partial charge >= 0.3 is 0 Å². The molecule has 0 amide bonds. The van der Waals surface area contributed by atoms with Gasteiger partial charge in [0.15, 0.2) is 0 Å². The second-order valence-electron chi connectivity index (χ2n) is 7.25. The average molecular weight is 340 g/mol. The van der Waals surface area contributed by atoms with Crippen molar-refractivity contribution in [2.45, 2.75) is 26.7 Å². The molecule has 2 nitrogen and oxygen atoms in total. The zero-order chi connectivity index (χ0) is 18.1. The van der Waals surface area contributed by atoms with Gasteiger partial charge in [0.1, 0.15) is 5.82 Å². The third kappa shape index (κ3) is 2.92. The third-order valence-electron chi connectivity index (χ3n) is 5.27. The van der Waals surface area contributed by atoms with E-state index in [2.05, 4.69) is 92.1 Å². The molecule has 0 N–H and O–H groups in total. The highest BCUT2D eigenvalue weighted by molar-refractivity contribution is 5.83. The summed E-state index contributed by atoms with van der Waals surface area (Å²) < 4.78 is 2.26. The van der Waals surface area contributed by atoms with E-state index >= 15 is 0 Å². The first-order valence-corrected chi connectivity index (χ1v) is 9.28. The minimum atomic E-state index is 0.553. The Morgan fingerprint density at radius 3 is 2.08 bits per heavy atom. The van der Waals surface area contributed by atoms with E-state index in [1.54, 1.807) is 0 Å². The largest absolute Gasteiger partial charge is 0.292 e. The van der Waals surface area contributed by atoms with Gasteiger partial charge in [-0.2, -0.15) is 0 Å². The fraction of sp³-hybridized carbons (Fsp3) is 0.208. The normalized spacial score (nSPS) is 12.6. The molecule has 1 aromatic heterocycles. The van der Waals surface area contributed by atoms with Crippen LogP contribution in [0.15, 0.2) is 78.9 Å². The molecule has 2 heteroatoms. The van der Waals surface area contributed by atoms with Gasteiger partial charge in [-0.15, -0.1) is 0 Å². The van der Waals surface area contributed by atoms with E-state index in [1.165, 1.54) is 5.56 Å². The number of fused-ring (bicyclic) bond motifs is 1. The Morgan fingerprint density at radius 2 is 1.38 bits per heavy atom. The van der Waals surface area contributed by atoms with Crippen LogP contribution < -0.4 is 0 Å². The molecule has 0 radical (unpaired) electrons. The molecule has 0 saturated carbocycles. The summed E-state index contributed by atoms with van der Waals surface area (Å²) in [6, 6.07) is 27.7. The van der Waals surface area contributed by atoms with Gasteiger partial charge in [-0.3, -0.25) is 4.57 Å². The Morgan fingerprint density at radius 1 is 0.731 bits per heavy atom. The molecule has 0 saturated heterocycles. The first-order valence-electron chi connectivity index (χ1n) is 9.28. The summed E-state index contributed by atoms with van der Waals surface area (Å²) in [4.78, 5) is 4.91. The Kier molecular flexibility index (Phi) is 4.34. The zero-order valence-electron chi connectivity index (χ0n) is 15.6. The molecule has 1 unspecified atom stereocenters. The molecule has 0 bridgehead atoms. The van der Waals surface area contributed by atoms with Crippen LogP contribution in [0.3, 0.4) is 0 Å². The Hall–Kier alpha value is -2.87. The van der Waals surface area contributed by atoms with E-state index in [9.17, 15) is 0 Å². The molecular weight excluding hydrogens is 316 g/mol. The monoisotopic (exact) mass is 340 g/mol. The first kappa shape index (κ1) is 16.6. The zero-order valence-corrected chi connectivity index (χ0v) is 15.6. The number of hydrogen-bond donors (Lipinski definition) is 0. The van der Waals surface area contributed by atoms with Gasteiger partial charge in [0.2, 0.25) is 0 Å². The lowest BCUT2D eigenvalue weighted by Crippen LogP contribution is -2.03. The molecule has 0 aliphatic heterocycles. The minimum Gasteiger partial charge on any atom is -0.292 e. The molecule has 130 valence electrons. The molecule has 0 fully saturated rings. The van der Waals surface area contributed by atoms with Gasteiger partial charge in [-0.25, -0.2) is 4.98 Å². The SMILES string of the molecule is CC(C)C(C)c1ccc(-n2c(-c3ccccc3)nc3ccccc32)cc1. The smallest absolute Gasteiger partial charge is 0.145 e. The molecule has 4 rings (SSSR count). The molecule has 1 atom stereocenters. The van der Waals surface area contributed by atoms with Gasteiger partial charge in [0.05, 0.1) is 11.0 Å². The van der Waals surface area contributed by atoms with Crippen LogP contribution in [0.2, 0.25) is 0 Å². The molecule has 26 heavy (non-hydrogen) atoms. The quantitative estimate of drug-likeness (QED) is 0.417. The van der Waals surface area contributed by atoms with Gasteiger partial charge in [0.25, 0.3) is 0 Å². The van der Waals surface area contributed by atoms with Crippen molar-refractivity contribution in [2.75, 3.05) is 0 Å². The summed E-state index contributed by atoms with van der Waals surface area (Å²) in [5, 5.41) is 0. The second-order valence-corrected chi connectivity index (χ2v) is 7.25. The predicted octanol–water partition coefficient (Wildman–Crippen LogP) is 6.45. The van der Waals surface area contributed by atoms with E-state index in [4.69, 9.17) is 4.98 Å². The number of para-hydroxylation sites is 2. The highest BCUT2D eigenvalue weighted by Gasteiger charge is 2.15. The van der Waals surface area contributed by atoms with Crippen LogP contribution >= 0.6 is 0 Å². The minimum absolute atomic E-state index is 0.553. The highest BCUT2D eigenvalue weighted by atomic mass is 15.1. The second kappa shape index (κ2) is 6.80. The summed E-state index contributed by atoms with van der Waals surface area (Å²) in [6.07, 6.45) is 0. The molecule has 4 aromatic rings. The first-order chi connectivity index (χ1) is 12.6. The summed E-state index contributed by atoms with van der Waals surface area (Å²) in [6.45, 7) is 6.84. The lowest BCUT2D eigenvalue weighted by Gasteiger charge is -2.17. The van der Waals surface area contributed by atoms with Crippen molar-refractivity contribution >= 4 is 11.0 Å². The maximum Gasteiger partial charge on any atom is 0.145 e. The van der Waals surface area contributed by atoms with Crippen molar-refractivity contribution in [3.05, 3.63) is 84.4 Å². The number of hydrogen-bond acceptors (Lipinski definition) is 1. The van der Waals surface area contributed by atoms with Crippen molar-refractivity contribution in [1.82, 2.24) is 9.55 Å². The summed E-state index contributed by atoms with van der Waals surface area (Å²) in [5.74, 6) is 2.17. The average Bonchev–Trinajstić information content (AvgIpc) is 3.08. The van der Waals surface area contributed by atoms with Gasteiger partial charge in [-0.05, 0) is 41.7 Å². The summed E-state index contributed by atoms with van der Waals surface area (Å²) >= 11 is 0. The topological polar surface area (TPSA) is 17.8 Å². The van der Waals surface area contributed by atoms with Crippen LogP contribution in [0.4, 0.5) is 0 Å². The molecule has 1 heterocycles. The highest BCUT2D eigenvalue weighted by Crippen LogP contribution is 2.30. The predicted molar refractivity (Wildman–Crippen MR) is 110 cm³/mol. The number of rotatable bonds is 4. The lowest BCUT2D eigenvalue weighted by atomic mass is 9.90. The van der Waals surface area contributed by atoms with Crippen molar-refractivity contribution in [2.24, 2.45) is 5.92 Å².